The number of oxazole rings is 1. The molecule has 5 rings (SSSR count). The van der Waals surface area contributed by atoms with Crippen molar-refractivity contribution in [2.45, 2.75) is 11.0 Å². The van der Waals surface area contributed by atoms with Gasteiger partial charge in [-0.1, -0.05) is 65.3 Å². The number of fused-ring (bicyclic) bond motifs is 1. The summed E-state index contributed by atoms with van der Waals surface area (Å²) in [6, 6.07) is 12.7. The van der Waals surface area contributed by atoms with Crippen LogP contribution in [0.3, 0.4) is 0 Å². The third-order valence-corrected chi connectivity index (χ3v) is 8.48. The molecular weight excluding hydrogens is 567 g/mol. The second-order valence-electron chi connectivity index (χ2n) is 7.73. The van der Waals surface area contributed by atoms with Gasteiger partial charge in [-0.3, -0.25) is 19.8 Å². The van der Waals surface area contributed by atoms with Gasteiger partial charge in [0.1, 0.15) is 14.8 Å². The number of methoxy groups -OCH3 is 1. The molecule has 0 unspecified atom stereocenters. The highest BCUT2D eigenvalue weighted by Gasteiger charge is 2.28. The lowest BCUT2D eigenvalue weighted by atomic mass is 10.2. The van der Waals surface area contributed by atoms with Gasteiger partial charge in [0.2, 0.25) is 5.13 Å². The fourth-order valence-electron chi connectivity index (χ4n) is 3.29. The van der Waals surface area contributed by atoms with E-state index < -0.39 is 5.91 Å². The van der Waals surface area contributed by atoms with Crippen molar-refractivity contribution < 1.29 is 23.5 Å². The molecule has 1 N–H and O–H groups in total. The number of benzene rings is 2. The molecule has 2 aromatic heterocycles. The fourth-order valence-corrected chi connectivity index (χ4v) is 6.05. The van der Waals surface area contributed by atoms with E-state index in [2.05, 4.69) is 20.5 Å². The Hall–Kier alpha value is -3.46. The van der Waals surface area contributed by atoms with Crippen molar-refractivity contribution in [2.24, 2.45) is 0 Å². The molecule has 194 valence electrons. The Morgan fingerprint density at radius 1 is 1.24 bits per heavy atom. The SMILES string of the molecule is COc1cc(/C=C2\SC(=S)N(C)C2=O)ccc1OCC(=O)Nc1nnc(CSc2nc3ccccc3o2)s1. The number of anilines is 1. The minimum atomic E-state index is -0.392. The van der Waals surface area contributed by atoms with Crippen LogP contribution in [0.1, 0.15) is 10.6 Å². The van der Waals surface area contributed by atoms with Gasteiger partial charge in [-0.2, -0.15) is 0 Å². The van der Waals surface area contributed by atoms with Crippen molar-refractivity contribution in [3.8, 4) is 11.5 Å². The third-order valence-electron chi connectivity index (χ3n) is 5.14. The highest BCUT2D eigenvalue weighted by molar-refractivity contribution is 8.26. The average molecular weight is 586 g/mol. The van der Waals surface area contributed by atoms with E-state index >= 15 is 0 Å². The molecule has 3 heterocycles. The smallest absolute Gasteiger partial charge is 0.265 e. The molecular formula is C24H19N5O5S4. The van der Waals surface area contributed by atoms with Crippen molar-refractivity contribution in [3.05, 3.63) is 57.9 Å². The number of carbonyl (C=O) groups excluding carboxylic acids is 2. The number of para-hydroxylation sites is 2. The lowest BCUT2D eigenvalue weighted by Gasteiger charge is -2.11. The number of ether oxygens (including phenoxy) is 2. The molecule has 0 spiro atoms. The second-order valence-corrected chi connectivity index (χ2v) is 11.4. The van der Waals surface area contributed by atoms with Crippen molar-refractivity contribution in [3.63, 3.8) is 0 Å². The molecule has 14 heteroatoms. The molecule has 0 saturated carbocycles. The summed E-state index contributed by atoms with van der Waals surface area (Å²) in [4.78, 5) is 31.0. The zero-order valence-electron chi connectivity index (χ0n) is 20.0. The molecule has 2 amide bonds. The first-order valence-electron chi connectivity index (χ1n) is 11.0. The Bertz CT molecular complexity index is 1530. The highest BCUT2D eigenvalue weighted by Crippen LogP contribution is 2.34. The maximum Gasteiger partial charge on any atom is 0.265 e. The number of thiocarbonyl (C=S) groups is 1. The number of hydrogen-bond acceptors (Lipinski definition) is 12. The molecule has 0 bridgehead atoms. The number of rotatable bonds is 9. The maximum atomic E-state index is 12.4. The van der Waals surface area contributed by atoms with Crippen LogP contribution in [-0.2, 0) is 15.3 Å². The van der Waals surface area contributed by atoms with Crippen molar-refractivity contribution in [2.75, 3.05) is 26.1 Å². The molecule has 1 aliphatic heterocycles. The Morgan fingerprint density at radius 2 is 2.08 bits per heavy atom. The molecule has 4 aromatic rings. The molecule has 10 nitrogen and oxygen atoms in total. The van der Waals surface area contributed by atoms with E-state index in [0.29, 0.717) is 41.8 Å². The van der Waals surface area contributed by atoms with Crippen LogP contribution in [0.15, 0.2) is 57.0 Å². The van der Waals surface area contributed by atoms with Crippen LogP contribution in [0.2, 0.25) is 0 Å². The second kappa shape index (κ2) is 11.5. The number of amides is 2. The standard InChI is InChI=1S/C24H19N5O5S4/c1-29-21(31)18(37-24(29)35)10-13-7-8-16(17(9-13)32-2)33-11-19(30)26-22-28-27-20(38-22)12-36-23-25-14-5-3-4-6-15(14)34-23/h3-10H,11-12H2,1-2H3,(H,26,28,30)/b18-10-. The monoisotopic (exact) mass is 585 g/mol. The molecule has 0 atom stereocenters. The summed E-state index contributed by atoms with van der Waals surface area (Å²) in [7, 11) is 3.14. The maximum absolute atomic E-state index is 12.4. The Labute approximate surface area is 234 Å². The van der Waals surface area contributed by atoms with Crippen LogP contribution in [0, 0.1) is 0 Å². The number of hydrogen-bond donors (Lipinski definition) is 1. The summed E-state index contributed by atoms with van der Waals surface area (Å²) < 4.78 is 17.3. The van der Waals surface area contributed by atoms with E-state index in [-0.39, 0.29) is 12.5 Å². The summed E-state index contributed by atoms with van der Waals surface area (Å²) in [6.07, 6.45) is 1.73. The number of nitrogens with one attached hydrogen (secondary N) is 1. The molecule has 2 aromatic carbocycles. The zero-order valence-corrected chi connectivity index (χ0v) is 23.3. The fraction of sp³-hybridized carbons (Fsp3) is 0.167. The topological polar surface area (TPSA) is 120 Å². The van der Waals surface area contributed by atoms with Crippen LogP contribution in [0.5, 0.6) is 11.5 Å². The Morgan fingerprint density at radius 3 is 2.84 bits per heavy atom. The number of thioether (sulfide) groups is 2. The van der Waals surface area contributed by atoms with Crippen molar-refractivity contribution in [1.82, 2.24) is 20.1 Å². The van der Waals surface area contributed by atoms with Gasteiger partial charge in [0.25, 0.3) is 17.0 Å². The number of likely N-dealkylation sites (N-methyl/N-ethyl adjacent to an activating group) is 1. The molecule has 38 heavy (non-hydrogen) atoms. The number of aromatic nitrogens is 3. The largest absolute Gasteiger partial charge is 0.493 e. The predicted molar refractivity (Wildman–Crippen MR) is 152 cm³/mol. The minimum Gasteiger partial charge on any atom is -0.493 e. The molecule has 1 saturated heterocycles. The summed E-state index contributed by atoms with van der Waals surface area (Å²) in [5.74, 6) is 0.768. The summed E-state index contributed by atoms with van der Waals surface area (Å²) in [5, 5.41) is 12.4. The normalized spacial score (nSPS) is 14.5. The van der Waals surface area contributed by atoms with Crippen LogP contribution in [-0.4, -0.2) is 57.0 Å². The van der Waals surface area contributed by atoms with Gasteiger partial charge in [-0.25, -0.2) is 4.98 Å². The van der Waals surface area contributed by atoms with Gasteiger partial charge in [-0.05, 0) is 35.9 Å². The summed E-state index contributed by atoms with van der Waals surface area (Å²) in [5.41, 5.74) is 2.26. The quantitative estimate of drug-likeness (QED) is 0.165. The van der Waals surface area contributed by atoms with E-state index in [1.807, 2.05) is 24.3 Å². The van der Waals surface area contributed by atoms with Crippen LogP contribution < -0.4 is 14.8 Å². The lowest BCUT2D eigenvalue weighted by Crippen LogP contribution is -2.22. The van der Waals surface area contributed by atoms with Crippen LogP contribution in [0.4, 0.5) is 5.13 Å². The van der Waals surface area contributed by atoms with Gasteiger partial charge < -0.3 is 13.9 Å². The first-order chi connectivity index (χ1) is 18.4. The van der Waals surface area contributed by atoms with Crippen LogP contribution in [0.25, 0.3) is 17.2 Å². The Balaban J connectivity index is 1.14. The van der Waals surface area contributed by atoms with E-state index in [4.69, 9.17) is 26.1 Å². The lowest BCUT2D eigenvalue weighted by molar-refractivity contribution is -0.121. The van der Waals surface area contributed by atoms with Crippen molar-refractivity contribution in [1.29, 1.82) is 0 Å². The van der Waals surface area contributed by atoms with Crippen molar-refractivity contribution >= 4 is 85.5 Å². The highest BCUT2D eigenvalue weighted by atomic mass is 32.2. The van der Waals surface area contributed by atoms with Gasteiger partial charge >= 0.3 is 0 Å². The van der Waals surface area contributed by atoms with E-state index in [0.717, 1.165) is 16.7 Å². The average Bonchev–Trinajstić information content (AvgIpc) is 3.61. The summed E-state index contributed by atoms with van der Waals surface area (Å²) in [6.45, 7) is -0.253. The predicted octanol–water partition coefficient (Wildman–Crippen LogP) is 4.83. The Kier molecular flexibility index (Phi) is 7.93. The minimum absolute atomic E-state index is 0.152. The molecule has 1 fully saturated rings. The van der Waals surface area contributed by atoms with Gasteiger partial charge in [0, 0.05) is 7.05 Å². The zero-order chi connectivity index (χ0) is 26.6. The van der Waals surface area contributed by atoms with Gasteiger partial charge in [-0.15, -0.1) is 10.2 Å². The van der Waals surface area contributed by atoms with E-state index in [1.165, 1.54) is 46.9 Å². The molecule has 1 aliphatic rings. The third kappa shape index (κ3) is 5.99. The van der Waals surface area contributed by atoms with Gasteiger partial charge in [0.15, 0.2) is 23.7 Å². The molecule has 0 radical (unpaired) electrons. The first kappa shape index (κ1) is 26.2. The first-order valence-corrected chi connectivity index (χ1v) is 14.1. The number of nitrogens with zero attached hydrogens (tertiary/aromatic N) is 4. The van der Waals surface area contributed by atoms with Gasteiger partial charge in [0.05, 0.1) is 17.8 Å². The summed E-state index contributed by atoms with van der Waals surface area (Å²) >= 11 is 9.06. The van der Waals surface area contributed by atoms with E-state index in [1.54, 1.807) is 31.3 Å². The molecule has 0 aliphatic carbocycles. The van der Waals surface area contributed by atoms with E-state index in [9.17, 15) is 9.59 Å². The van der Waals surface area contributed by atoms with Crippen LogP contribution >= 0.6 is 47.1 Å². The number of carbonyl (C=O) groups is 2.